The minimum absolute atomic E-state index is 0.0962. The van der Waals surface area contributed by atoms with Gasteiger partial charge >= 0.3 is 0 Å². The Hall–Kier alpha value is -2.09. The van der Waals surface area contributed by atoms with Gasteiger partial charge in [0.05, 0.1) is 15.6 Å². The minimum atomic E-state index is -3.77. The first-order chi connectivity index (χ1) is 11.4. The molecule has 0 radical (unpaired) electrons. The molecule has 0 heterocycles. The Balaban J connectivity index is 2.19. The highest BCUT2D eigenvalue weighted by molar-refractivity contribution is 7.92. The van der Waals surface area contributed by atoms with E-state index in [-0.39, 0.29) is 4.90 Å². The molecule has 2 aromatic rings. The highest BCUT2D eigenvalue weighted by atomic mass is 35.5. The summed E-state index contributed by atoms with van der Waals surface area (Å²) in [5.41, 5.74) is 0.874. The molecular weight excluding hydrogens is 366 g/mol. The quantitative estimate of drug-likeness (QED) is 0.526. The second-order valence-electron chi connectivity index (χ2n) is 4.74. The average molecular weight is 382 g/mol. The Morgan fingerprint density at radius 2 is 1.96 bits per heavy atom. The summed E-state index contributed by atoms with van der Waals surface area (Å²) >= 11 is 11.1. The molecule has 8 heteroatoms. The number of sulfonamides is 1. The van der Waals surface area contributed by atoms with E-state index in [9.17, 15) is 8.42 Å². The van der Waals surface area contributed by atoms with Gasteiger partial charge in [-0.1, -0.05) is 35.9 Å². The molecule has 0 aliphatic rings. The molecule has 0 saturated carbocycles. The molecule has 0 unspecified atom stereocenters. The number of hydrogen-bond donors (Lipinski definition) is 3. The maximum Gasteiger partial charge on any atom is 0.262 e. The Bertz CT molecular complexity index is 854. The van der Waals surface area contributed by atoms with Crippen LogP contribution in [0.5, 0.6) is 0 Å². The van der Waals surface area contributed by atoms with Crippen molar-refractivity contribution in [2.45, 2.75) is 4.90 Å². The molecule has 0 spiro atoms. The minimum Gasteiger partial charge on any atom is -0.359 e. The lowest BCUT2D eigenvalue weighted by Crippen LogP contribution is -2.28. The van der Waals surface area contributed by atoms with E-state index in [0.29, 0.717) is 28.1 Å². The molecule has 0 aliphatic carbocycles. The Morgan fingerprint density at radius 3 is 2.67 bits per heavy atom. The van der Waals surface area contributed by atoms with Crippen LogP contribution >= 0.6 is 23.8 Å². The Morgan fingerprint density at radius 1 is 1.21 bits per heavy atom. The standard InChI is InChI=1S/C16H16ClN3O2S2/c1-2-10-18-16(23)19-12-6-5-7-13(11-12)24(21,22)20-15-9-4-3-8-14(15)17/h2-9,11,20H,1,10H2,(H2,18,19,23). The van der Waals surface area contributed by atoms with Gasteiger partial charge in [0, 0.05) is 12.2 Å². The predicted molar refractivity (Wildman–Crippen MR) is 103 cm³/mol. The topological polar surface area (TPSA) is 70.2 Å². The molecule has 24 heavy (non-hydrogen) atoms. The summed E-state index contributed by atoms with van der Waals surface area (Å²) in [5, 5.41) is 6.53. The van der Waals surface area contributed by atoms with E-state index in [4.69, 9.17) is 23.8 Å². The van der Waals surface area contributed by atoms with Crippen LogP contribution in [0.25, 0.3) is 0 Å². The fourth-order valence-electron chi connectivity index (χ4n) is 1.83. The lowest BCUT2D eigenvalue weighted by molar-refractivity contribution is 0.601. The number of benzene rings is 2. The van der Waals surface area contributed by atoms with Crippen LogP contribution in [0.1, 0.15) is 0 Å². The first kappa shape index (κ1) is 18.3. The van der Waals surface area contributed by atoms with Gasteiger partial charge in [0.25, 0.3) is 10.0 Å². The van der Waals surface area contributed by atoms with Gasteiger partial charge in [0.1, 0.15) is 0 Å². The van der Waals surface area contributed by atoms with Crippen LogP contribution in [0.15, 0.2) is 66.1 Å². The summed E-state index contributed by atoms with van der Waals surface area (Å²) in [4.78, 5) is 0.0962. The third kappa shape index (κ3) is 4.95. The molecule has 5 nitrogen and oxygen atoms in total. The van der Waals surface area contributed by atoms with Crippen LogP contribution in [-0.4, -0.2) is 20.1 Å². The molecule has 2 rings (SSSR count). The van der Waals surface area contributed by atoms with Crippen LogP contribution in [0.3, 0.4) is 0 Å². The van der Waals surface area contributed by atoms with E-state index in [1.54, 1.807) is 42.5 Å². The predicted octanol–water partition coefficient (Wildman–Crippen LogP) is 3.61. The van der Waals surface area contributed by atoms with Gasteiger partial charge in [0.2, 0.25) is 0 Å². The van der Waals surface area contributed by atoms with Crippen LogP contribution in [0.4, 0.5) is 11.4 Å². The maximum atomic E-state index is 12.5. The molecule has 0 amide bonds. The molecule has 0 saturated heterocycles. The first-order valence-corrected chi connectivity index (χ1v) is 9.22. The van der Waals surface area contributed by atoms with E-state index >= 15 is 0 Å². The van der Waals surface area contributed by atoms with Gasteiger partial charge < -0.3 is 10.6 Å². The van der Waals surface area contributed by atoms with Crippen molar-refractivity contribution in [3.63, 3.8) is 0 Å². The Labute approximate surface area is 151 Å². The van der Waals surface area contributed by atoms with Crippen molar-refractivity contribution in [2.75, 3.05) is 16.6 Å². The van der Waals surface area contributed by atoms with Gasteiger partial charge in [-0.25, -0.2) is 8.42 Å². The summed E-state index contributed by atoms with van der Waals surface area (Å²) < 4.78 is 27.5. The summed E-state index contributed by atoms with van der Waals surface area (Å²) in [5.74, 6) is 0. The lowest BCUT2D eigenvalue weighted by atomic mass is 10.3. The SMILES string of the molecule is C=CCNC(=S)Nc1cccc(S(=O)(=O)Nc2ccccc2Cl)c1. The van der Waals surface area contributed by atoms with Crippen molar-refractivity contribution in [2.24, 2.45) is 0 Å². The first-order valence-electron chi connectivity index (χ1n) is 6.95. The lowest BCUT2D eigenvalue weighted by Gasteiger charge is -2.12. The third-order valence-electron chi connectivity index (χ3n) is 2.93. The zero-order valence-electron chi connectivity index (χ0n) is 12.6. The summed E-state index contributed by atoms with van der Waals surface area (Å²) in [6.45, 7) is 4.10. The highest BCUT2D eigenvalue weighted by Crippen LogP contribution is 2.24. The molecule has 0 fully saturated rings. The molecular formula is C16H16ClN3O2S2. The van der Waals surface area contributed by atoms with Crippen molar-refractivity contribution < 1.29 is 8.42 Å². The number of hydrogen-bond acceptors (Lipinski definition) is 3. The molecule has 0 aromatic heterocycles. The summed E-state index contributed by atoms with van der Waals surface area (Å²) in [6, 6.07) is 13.0. The molecule has 0 bridgehead atoms. The van der Waals surface area contributed by atoms with Gasteiger partial charge in [-0.05, 0) is 42.5 Å². The molecule has 126 valence electrons. The monoisotopic (exact) mass is 381 g/mol. The molecule has 0 atom stereocenters. The van der Waals surface area contributed by atoms with Crippen LogP contribution in [0, 0.1) is 0 Å². The number of halogens is 1. The number of rotatable bonds is 6. The number of thiocarbonyl (C=S) groups is 1. The fourth-order valence-corrected chi connectivity index (χ4v) is 3.39. The zero-order chi connectivity index (χ0) is 17.6. The fraction of sp³-hybridized carbons (Fsp3) is 0.0625. The van der Waals surface area contributed by atoms with Gasteiger partial charge in [0.15, 0.2) is 5.11 Å². The van der Waals surface area contributed by atoms with Gasteiger partial charge in [-0.2, -0.15) is 0 Å². The zero-order valence-corrected chi connectivity index (χ0v) is 15.0. The maximum absolute atomic E-state index is 12.5. The van der Waals surface area contributed by atoms with E-state index in [0.717, 1.165) is 0 Å². The smallest absolute Gasteiger partial charge is 0.262 e. The Kier molecular flexibility index (Phi) is 6.19. The van der Waals surface area contributed by atoms with Crippen molar-refractivity contribution in [3.8, 4) is 0 Å². The number of anilines is 2. The second kappa shape index (κ2) is 8.14. The van der Waals surface area contributed by atoms with Crippen LogP contribution < -0.4 is 15.4 Å². The van der Waals surface area contributed by atoms with Crippen LogP contribution in [-0.2, 0) is 10.0 Å². The molecule has 2 aromatic carbocycles. The molecule has 3 N–H and O–H groups in total. The summed E-state index contributed by atoms with van der Waals surface area (Å²) in [6.07, 6.45) is 1.67. The largest absolute Gasteiger partial charge is 0.359 e. The highest BCUT2D eigenvalue weighted by Gasteiger charge is 2.16. The summed E-state index contributed by atoms with van der Waals surface area (Å²) in [7, 11) is -3.77. The molecule has 0 aliphatic heterocycles. The second-order valence-corrected chi connectivity index (χ2v) is 7.23. The number of para-hydroxylation sites is 1. The van der Waals surface area contributed by atoms with E-state index < -0.39 is 10.0 Å². The number of nitrogens with one attached hydrogen (secondary N) is 3. The van der Waals surface area contributed by atoms with Gasteiger partial charge in [-0.3, -0.25) is 4.72 Å². The van der Waals surface area contributed by atoms with E-state index in [1.807, 2.05) is 0 Å². The third-order valence-corrected chi connectivity index (χ3v) is 4.87. The van der Waals surface area contributed by atoms with Gasteiger partial charge in [-0.15, -0.1) is 6.58 Å². The van der Waals surface area contributed by atoms with Crippen molar-refractivity contribution in [3.05, 3.63) is 66.2 Å². The van der Waals surface area contributed by atoms with Crippen molar-refractivity contribution in [1.29, 1.82) is 0 Å². The van der Waals surface area contributed by atoms with Crippen molar-refractivity contribution >= 4 is 50.3 Å². The average Bonchev–Trinajstić information content (AvgIpc) is 2.55. The van der Waals surface area contributed by atoms with E-state index in [1.165, 1.54) is 12.1 Å². The van der Waals surface area contributed by atoms with Crippen molar-refractivity contribution in [1.82, 2.24) is 5.32 Å². The normalized spacial score (nSPS) is 10.7. The van der Waals surface area contributed by atoms with E-state index in [2.05, 4.69) is 21.9 Å². The van der Waals surface area contributed by atoms with Crippen LogP contribution in [0.2, 0.25) is 5.02 Å².